The summed E-state index contributed by atoms with van der Waals surface area (Å²) in [5.41, 5.74) is 13.0. The fraction of sp³-hybridized carbons (Fsp3) is 0.231. The van der Waals surface area contributed by atoms with Crippen molar-refractivity contribution in [2.75, 3.05) is 7.11 Å². The van der Waals surface area contributed by atoms with E-state index in [2.05, 4.69) is 85.7 Å². The zero-order valence-corrected chi connectivity index (χ0v) is 18.3. The summed E-state index contributed by atoms with van der Waals surface area (Å²) in [6, 6.07) is 19.2. The van der Waals surface area contributed by atoms with Gasteiger partial charge >= 0.3 is 0 Å². The smallest absolute Gasteiger partial charge is 0.129 e. The van der Waals surface area contributed by atoms with Gasteiger partial charge in [0.15, 0.2) is 0 Å². The molecule has 2 aliphatic rings. The Morgan fingerprint density at radius 2 is 1.69 bits per heavy atom. The van der Waals surface area contributed by atoms with Gasteiger partial charge in [-0.3, -0.25) is 0 Å². The van der Waals surface area contributed by atoms with Gasteiger partial charge in [-0.25, -0.2) is 0 Å². The number of benzene rings is 3. The van der Waals surface area contributed by atoms with Crippen LogP contribution in [0.5, 0.6) is 5.75 Å². The van der Waals surface area contributed by atoms with E-state index in [-0.39, 0.29) is 6.10 Å². The number of hydrogen-bond acceptors (Lipinski definition) is 2. The van der Waals surface area contributed by atoms with E-state index in [0.29, 0.717) is 6.61 Å². The Hall–Kier alpha value is -2.80. The van der Waals surface area contributed by atoms with Crippen LogP contribution in [0.2, 0.25) is 19.6 Å². The standard InChI is InChI=1S/C26H24O2Si/c1-27-26-20-12-8-7-11-19(20)22-15-23-24(18-10-6-5-9-17(18)16-28-23)21(25(22)26)13-14-29(2,3)4/h5-12,15,26H,16H2,1-4H3. The molecule has 1 heterocycles. The molecule has 0 radical (unpaired) electrons. The lowest BCUT2D eigenvalue weighted by atomic mass is 9.87. The molecule has 0 amide bonds. The largest absolute Gasteiger partial charge is 0.488 e. The van der Waals surface area contributed by atoms with Crippen LogP contribution in [0.25, 0.3) is 22.3 Å². The second kappa shape index (κ2) is 6.62. The molecule has 1 unspecified atom stereocenters. The van der Waals surface area contributed by atoms with E-state index in [4.69, 9.17) is 9.47 Å². The van der Waals surface area contributed by atoms with Gasteiger partial charge in [-0.05, 0) is 33.9 Å². The van der Waals surface area contributed by atoms with Crippen molar-refractivity contribution in [2.24, 2.45) is 0 Å². The fourth-order valence-corrected chi connectivity index (χ4v) is 4.85. The SMILES string of the molecule is COC1c2ccccc2-c2cc3c(c(C#C[Si](C)(C)C)c21)-c1ccccc1CO3. The van der Waals surface area contributed by atoms with Gasteiger partial charge in [0.25, 0.3) is 0 Å². The predicted molar refractivity (Wildman–Crippen MR) is 121 cm³/mol. The average Bonchev–Trinajstić information content (AvgIpc) is 3.04. The molecule has 0 spiro atoms. The molecule has 0 saturated heterocycles. The minimum atomic E-state index is -1.56. The van der Waals surface area contributed by atoms with E-state index >= 15 is 0 Å². The monoisotopic (exact) mass is 396 g/mol. The van der Waals surface area contributed by atoms with Crippen LogP contribution in [0.4, 0.5) is 0 Å². The molecular formula is C26H24O2Si. The molecule has 1 aliphatic heterocycles. The fourth-order valence-electron chi connectivity index (χ4n) is 4.35. The molecule has 0 aromatic heterocycles. The van der Waals surface area contributed by atoms with Crippen LogP contribution in [0, 0.1) is 11.5 Å². The van der Waals surface area contributed by atoms with E-state index in [1.54, 1.807) is 7.11 Å². The van der Waals surface area contributed by atoms with Crippen molar-refractivity contribution in [3.8, 4) is 39.5 Å². The van der Waals surface area contributed by atoms with E-state index in [1.807, 2.05) is 0 Å². The predicted octanol–water partition coefficient (Wildman–Crippen LogP) is 6.19. The third-order valence-corrected chi connectivity index (χ3v) is 6.47. The Balaban J connectivity index is 1.88. The molecule has 3 aromatic rings. The van der Waals surface area contributed by atoms with Crippen LogP contribution in [-0.2, 0) is 11.3 Å². The Kier molecular flexibility index (Phi) is 4.17. The summed E-state index contributed by atoms with van der Waals surface area (Å²) < 4.78 is 12.3. The second-order valence-corrected chi connectivity index (χ2v) is 13.5. The highest BCUT2D eigenvalue weighted by molar-refractivity contribution is 6.83. The summed E-state index contributed by atoms with van der Waals surface area (Å²) >= 11 is 0. The van der Waals surface area contributed by atoms with Crippen molar-refractivity contribution in [3.05, 3.63) is 76.9 Å². The number of ether oxygens (including phenoxy) is 2. The Morgan fingerprint density at radius 1 is 0.966 bits per heavy atom. The highest BCUT2D eigenvalue weighted by Gasteiger charge is 2.35. The highest BCUT2D eigenvalue weighted by Crippen LogP contribution is 2.52. The van der Waals surface area contributed by atoms with Crippen LogP contribution in [0.3, 0.4) is 0 Å². The van der Waals surface area contributed by atoms with Gasteiger partial charge < -0.3 is 9.47 Å². The first-order chi connectivity index (χ1) is 14.0. The van der Waals surface area contributed by atoms with Gasteiger partial charge in [-0.1, -0.05) is 74.1 Å². The van der Waals surface area contributed by atoms with E-state index in [9.17, 15) is 0 Å². The number of rotatable bonds is 1. The maximum atomic E-state index is 6.23. The normalized spacial score (nSPS) is 15.9. The third-order valence-electron chi connectivity index (χ3n) is 5.60. The van der Waals surface area contributed by atoms with Crippen molar-refractivity contribution < 1.29 is 9.47 Å². The first kappa shape index (κ1) is 18.2. The quantitative estimate of drug-likeness (QED) is 0.361. The molecule has 1 atom stereocenters. The second-order valence-electron chi connectivity index (χ2n) is 8.73. The topological polar surface area (TPSA) is 18.5 Å². The zero-order chi connectivity index (χ0) is 20.2. The molecule has 144 valence electrons. The molecule has 29 heavy (non-hydrogen) atoms. The van der Waals surface area contributed by atoms with Crippen molar-refractivity contribution in [1.29, 1.82) is 0 Å². The summed E-state index contributed by atoms with van der Waals surface area (Å²) in [6.45, 7) is 7.44. The zero-order valence-electron chi connectivity index (χ0n) is 17.3. The van der Waals surface area contributed by atoms with Gasteiger partial charge in [0, 0.05) is 23.8 Å². The van der Waals surface area contributed by atoms with Crippen molar-refractivity contribution in [1.82, 2.24) is 0 Å². The van der Waals surface area contributed by atoms with Gasteiger partial charge in [0.2, 0.25) is 0 Å². The van der Waals surface area contributed by atoms with Crippen LogP contribution in [-0.4, -0.2) is 15.2 Å². The lowest BCUT2D eigenvalue weighted by Gasteiger charge is -2.25. The minimum Gasteiger partial charge on any atom is -0.488 e. The van der Waals surface area contributed by atoms with Crippen molar-refractivity contribution in [2.45, 2.75) is 32.4 Å². The first-order valence-electron chi connectivity index (χ1n) is 10.0. The molecule has 0 N–H and O–H groups in total. The Morgan fingerprint density at radius 3 is 2.45 bits per heavy atom. The number of methoxy groups -OCH3 is 1. The third kappa shape index (κ3) is 2.92. The molecule has 0 bridgehead atoms. The summed E-state index contributed by atoms with van der Waals surface area (Å²) in [6.07, 6.45) is -0.105. The van der Waals surface area contributed by atoms with Crippen LogP contribution < -0.4 is 4.74 Å². The number of fused-ring (bicyclic) bond motifs is 6. The lowest BCUT2D eigenvalue weighted by molar-refractivity contribution is 0.140. The average molecular weight is 397 g/mol. The molecule has 0 saturated carbocycles. The molecule has 5 rings (SSSR count). The van der Waals surface area contributed by atoms with Gasteiger partial charge in [0.1, 0.15) is 26.5 Å². The summed E-state index contributed by atoms with van der Waals surface area (Å²) in [5, 5.41) is 0. The van der Waals surface area contributed by atoms with E-state index in [0.717, 1.165) is 16.9 Å². The van der Waals surface area contributed by atoms with Crippen LogP contribution in [0.1, 0.15) is 28.4 Å². The number of hydrogen-bond donors (Lipinski definition) is 0. The van der Waals surface area contributed by atoms with Gasteiger partial charge in [-0.2, -0.15) is 0 Å². The van der Waals surface area contributed by atoms with Crippen molar-refractivity contribution in [3.63, 3.8) is 0 Å². The van der Waals surface area contributed by atoms with Gasteiger partial charge in [0.05, 0.1) is 0 Å². The Labute approximate surface area is 173 Å². The maximum absolute atomic E-state index is 6.23. The summed E-state index contributed by atoms with van der Waals surface area (Å²) in [5.74, 6) is 4.53. The molecular weight excluding hydrogens is 372 g/mol. The first-order valence-corrected chi connectivity index (χ1v) is 13.5. The van der Waals surface area contributed by atoms with Crippen molar-refractivity contribution >= 4 is 8.07 Å². The van der Waals surface area contributed by atoms with E-state index in [1.165, 1.54) is 33.4 Å². The molecule has 3 heteroatoms. The van der Waals surface area contributed by atoms with Crippen LogP contribution >= 0.6 is 0 Å². The molecule has 0 fully saturated rings. The Bertz CT molecular complexity index is 1190. The molecule has 3 aromatic carbocycles. The van der Waals surface area contributed by atoms with E-state index < -0.39 is 8.07 Å². The molecule has 2 nitrogen and oxygen atoms in total. The minimum absolute atomic E-state index is 0.105. The molecule has 1 aliphatic carbocycles. The van der Waals surface area contributed by atoms with Crippen LogP contribution in [0.15, 0.2) is 54.6 Å². The summed E-state index contributed by atoms with van der Waals surface area (Å²) in [4.78, 5) is 0. The lowest BCUT2D eigenvalue weighted by Crippen LogP contribution is -2.17. The summed E-state index contributed by atoms with van der Waals surface area (Å²) in [7, 11) is 0.224. The highest BCUT2D eigenvalue weighted by atomic mass is 28.3. The van der Waals surface area contributed by atoms with Gasteiger partial charge in [-0.15, -0.1) is 5.54 Å². The maximum Gasteiger partial charge on any atom is 0.129 e.